The second kappa shape index (κ2) is 6.88. The molecule has 0 aliphatic rings. The highest BCUT2D eigenvalue weighted by molar-refractivity contribution is 7.10. The molecule has 0 fully saturated rings. The van der Waals surface area contributed by atoms with Gasteiger partial charge in [-0.05, 0) is 37.1 Å². The van der Waals surface area contributed by atoms with Crippen LogP contribution in [0.2, 0.25) is 5.02 Å². The zero-order chi connectivity index (χ0) is 14.5. The van der Waals surface area contributed by atoms with Crippen LogP contribution in [0.25, 0.3) is 0 Å². The van der Waals surface area contributed by atoms with Crippen LogP contribution in [0.15, 0.2) is 35.7 Å². The van der Waals surface area contributed by atoms with Crippen LogP contribution in [0.5, 0.6) is 0 Å². The summed E-state index contributed by atoms with van der Waals surface area (Å²) in [5, 5.41) is 14.7. The molecule has 0 spiro atoms. The Hall–Kier alpha value is -1.36. The lowest BCUT2D eigenvalue weighted by Crippen LogP contribution is -2.27. The van der Waals surface area contributed by atoms with Crippen LogP contribution in [0.1, 0.15) is 27.7 Å². The Morgan fingerprint density at radius 2 is 2.25 bits per heavy atom. The Morgan fingerprint density at radius 1 is 1.45 bits per heavy atom. The number of aromatic carboxylic acids is 1. The van der Waals surface area contributed by atoms with Crippen molar-refractivity contribution < 1.29 is 9.90 Å². The Morgan fingerprint density at radius 3 is 2.90 bits per heavy atom. The van der Waals surface area contributed by atoms with Crippen molar-refractivity contribution in [2.24, 2.45) is 0 Å². The highest BCUT2D eigenvalue weighted by Gasteiger charge is 2.08. The van der Waals surface area contributed by atoms with E-state index in [0.717, 1.165) is 16.3 Å². The van der Waals surface area contributed by atoms with Gasteiger partial charge in [0.15, 0.2) is 0 Å². The summed E-state index contributed by atoms with van der Waals surface area (Å²) >= 11 is 7.42. The molecule has 1 aromatic carbocycles. The number of hydrogen-bond donors (Lipinski definition) is 2. The Balaban J connectivity index is 1.85. The van der Waals surface area contributed by atoms with Gasteiger partial charge in [0.2, 0.25) is 0 Å². The first kappa shape index (κ1) is 15.0. The summed E-state index contributed by atoms with van der Waals surface area (Å²) in [6.07, 6.45) is 0.887. The van der Waals surface area contributed by atoms with Gasteiger partial charge in [0.05, 0.1) is 5.56 Å². The molecular formula is C15H16ClNO2S. The molecule has 0 aliphatic heterocycles. The van der Waals surface area contributed by atoms with Crippen LogP contribution in [-0.4, -0.2) is 17.1 Å². The quantitative estimate of drug-likeness (QED) is 0.853. The van der Waals surface area contributed by atoms with E-state index < -0.39 is 5.97 Å². The van der Waals surface area contributed by atoms with Gasteiger partial charge in [0, 0.05) is 27.9 Å². The van der Waals surface area contributed by atoms with Crippen molar-refractivity contribution in [2.45, 2.75) is 25.9 Å². The molecular weight excluding hydrogens is 294 g/mol. The summed E-state index contributed by atoms with van der Waals surface area (Å²) in [6.45, 7) is 2.78. The molecule has 2 rings (SSSR count). The minimum absolute atomic E-state index is 0.295. The van der Waals surface area contributed by atoms with Gasteiger partial charge in [-0.15, -0.1) is 11.3 Å². The average molecular weight is 310 g/mol. The van der Waals surface area contributed by atoms with Gasteiger partial charge in [-0.1, -0.05) is 23.7 Å². The average Bonchev–Trinajstić information content (AvgIpc) is 2.85. The summed E-state index contributed by atoms with van der Waals surface area (Å²) in [5.41, 5.74) is 1.55. The van der Waals surface area contributed by atoms with Crippen molar-refractivity contribution in [3.63, 3.8) is 0 Å². The maximum Gasteiger partial charge on any atom is 0.336 e. The first-order chi connectivity index (χ1) is 9.54. The molecule has 106 valence electrons. The minimum atomic E-state index is -0.875. The summed E-state index contributed by atoms with van der Waals surface area (Å²) in [5.74, 6) is -0.875. The SMILES string of the molecule is CC(Cc1cccc(Cl)c1)NCc1cc(C(=O)O)cs1. The van der Waals surface area contributed by atoms with Gasteiger partial charge in [0.1, 0.15) is 0 Å². The highest BCUT2D eigenvalue weighted by Crippen LogP contribution is 2.15. The van der Waals surface area contributed by atoms with Crippen molar-refractivity contribution in [3.05, 3.63) is 56.7 Å². The van der Waals surface area contributed by atoms with Crippen LogP contribution >= 0.6 is 22.9 Å². The number of rotatable bonds is 6. The number of halogens is 1. The molecule has 1 atom stereocenters. The van der Waals surface area contributed by atoms with Gasteiger partial charge in [0.25, 0.3) is 0 Å². The monoisotopic (exact) mass is 309 g/mol. The van der Waals surface area contributed by atoms with E-state index in [1.807, 2.05) is 18.2 Å². The number of thiophene rings is 1. The summed E-state index contributed by atoms with van der Waals surface area (Å²) in [6, 6.07) is 9.84. The zero-order valence-corrected chi connectivity index (χ0v) is 12.7. The number of nitrogens with one attached hydrogen (secondary N) is 1. The zero-order valence-electron chi connectivity index (χ0n) is 11.1. The van der Waals surface area contributed by atoms with Gasteiger partial charge in [-0.3, -0.25) is 0 Å². The van der Waals surface area contributed by atoms with E-state index in [4.69, 9.17) is 16.7 Å². The van der Waals surface area contributed by atoms with Gasteiger partial charge >= 0.3 is 5.97 Å². The molecule has 2 N–H and O–H groups in total. The Bertz CT molecular complexity index is 597. The molecule has 0 amide bonds. The van der Waals surface area contributed by atoms with Crippen LogP contribution < -0.4 is 5.32 Å². The molecule has 20 heavy (non-hydrogen) atoms. The second-order valence-electron chi connectivity index (χ2n) is 4.72. The topological polar surface area (TPSA) is 49.3 Å². The van der Waals surface area contributed by atoms with E-state index in [2.05, 4.69) is 18.3 Å². The highest BCUT2D eigenvalue weighted by atomic mass is 35.5. The fraction of sp³-hybridized carbons (Fsp3) is 0.267. The predicted molar refractivity (Wildman–Crippen MR) is 82.7 cm³/mol. The fourth-order valence-electron chi connectivity index (χ4n) is 1.95. The second-order valence-corrected chi connectivity index (χ2v) is 6.16. The van der Waals surface area contributed by atoms with Gasteiger partial charge in [-0.25, -0.2) is 4.79 Å². The first-order valence-electron chi connectivity index (χ1n) is 6.33. The molecule has 0 aliphatic carbocycles. The van der Waals surface area contributed by atoms with Crippen LogP contribution in [0, 0.1) is 0 Å². The molecule has 1 aromatic heterocycles. The molecule has 3 nitrogen and oxygen atoms in total. The number of carboxylic acids is 1. The lowest BCUT2D eigenvalue weighted by molar-refractivity contribution is 0.0697. The molecule has 0 saturated carbocycles. The summed E-state index contributed by atoms with van der Waals surface area (Å²) in [4.78, 5) is 11.8. The summed E-state index contributed by atoms with van der Waals surface area (Å²) in [7, 11) is 0. The largest absolute Gasteiger partial charge is 0.478 e. The minimum Gasteiger partial charge on any atom is -0.478 e. The third-order valence-corrected chi connectivity index (χ3v) is 4.13. The molecule has 1 unspecified atom stereocenters. The van der Waals surface area contributed by atoms with Crippen LogP contribution in [-0.2, 0) is 13.0 Å². The van der Waals surface area contributed by atoms with E-state index in [9.17, 15) is 4.79 Å². The normalized spacial score (nSPS) is 12.3. The van der Waals surface area contributed by atoms with E-state index in [-0.39, 0.29) is 0 Å². The third kappa shape index (κ3) is 4.34. The van der Waals surface area contributed by atoms with E-state index in [1.165, 1.54) is 16.9 Å². The molecule has 2 aromatic rings. The molecule has 0 radical (unpaired) electrons. The summed E-state index contributed by atoms with van der Waals surface area (Å²) < 4.78 is 0. The smallest absolute Gasteiger partial charge is 0.336 e. The van der Waals surface area contributed by atoms with Crippen molar-refractivity contribution >= 4 is 28.9 Å². The molecule has 1 heterocycles. The first-order valence-corrected chi connectivity index (χ1v) is 7.59. The standard InChI is InChI=1S/C15H16ClNO2S/c1-10(5-11-3-2-4-13(16)6-11)17-8-14-7-12(9-20-14)15(18)19/h2-4,6-7,9-10,17H,5,8H2,1H3,(H,18,19). The van der Waals surface area contributed by atoms with Crippen molar-refractivity contribution in [1.29, 1.82) is 0 Å². The maximum absolute atomic E-state index is 10.8. The van der Waals surface area contributed by atoms with Gasteiger partial charge < -0.3 is 10.4 Å². The molecule has 0 saturated heterocycles. The van der Waals surface area contributed by atoms with Gasteiger partial charge in [-0.2, -0.15) is 0 Å². The maximum atomic E-state index is 10.8. The van der Waals surface area contributed by atoms with E-state index in [0.29, 0.717) is 18.2 Å². The van der Waals surface area contributed by atoms with Crippen molar-refractivity contribution in [3.8, 4) is 0 Å². The Labute approximate surface area is 127 Å². The molecule has 0 bridgehead atoms. The van der Waals surface area contributed by atoms with Crippen molar-refractivity contribution in [2.75, 3.05) is 0 Å². The van der Waals surface area contributed by atoms with Crippen LogP contribution in [0.3, 0.4) is 0 Å². The number of carboxylic acid groups (broad SMARTS) is 1. The van der Waals surface area contributed by atoms with Crippen molar-refractivity contribution in [1.82, 2.24) is 5.32 Å². The van der Waals surface area contributed by atoms with Crippen LogP contribution in [0.4, 0.5) is 0 Å². The number of carbonyl (C=O) groups is 1. The number of hydrogen-bond acceptors (Lipinski definition) is 3. The Kier molecular flexibility index (Phi) is 5.17. The predicted octanol–water partition coefficient (Wildman–Crippen LogP) is 3.82. The third-order valence-electron chi connectivity index (χ3n) is 2.96. The fourth-order valence-corrected chi connectivity index (χ4v) is 2.97. The van der Waals surface area contributed by atoms with E-state index >= 15 is 0 Å². The van der Waals surface area contributed by atoms with E-state index in [1.54, 1.807) is 11.4 Å². The number of benzene rings is 1. The lowest BCUT2D eigenvalue weighted by atomic mass is 10.1. The molecule has 5 heteroatoms. The lowest BCUT2D eigenvalue weighted by Gasteiger charge is -2.13.